The van der Waals surface area contributed by atoms with Crippen molar-refractivity contribution in [3.8, 4) is 11.5 Å². The molecule has 2 N–H and O–H groups in total. The molecule has 0 spiro atoms. The van der Waals surface area contributed by atoms with Crippen molar-refractivity contribution in [2.45, 2.75) is 58.8 Å². The molecule has 31 heavy (non-hydrogen) atoms. The number of aromatic nitrogens is 2. The Hall–Kier alpha value is -2.12. The predicted octanol–water partition coefficient (Wildman–Crippen LogP) is 5.44. The second-order valence-electron chi connectivity index (χ2n) is 8.09. The Morgan fingerprint density at radius 2 is 1.94 bits per heavy atom. The average Bonchev–Trinajstić information content (AvgIpc) is 3.25. The zero-order valence-corrected chi connectivity index (χ0v) is 19.4. The van der Waals surface area contributed by atoms with Crippen LogP contribution in [0.15, 0.2) is 22.6 Å². The number of carbonyl (C=O) groups excluding carboxylic acids is 1. The first-order chi connectivity index (χ1) is 15.1. The van der Waals surface area contributed by atoms with Crippen molar-refractivity contribution in [2.75, 3.05) is 36.8 Å². The zero-order valence-electron chi connectivity index (χ0n) is 18.6. The molecule has 1 aliphatic rings. The number of nitrogens with zero attached hydrogens (tertiary/aromatic N) is 3. The van der Waals surface area contributed by atoms with Crippen molar-refractivity contribution in [3.05, 3.63) is 23.2 Å². The van der Waals surface area contributed by atoms with E-state index in [2.05, 4.69) is 39.6 Å². The van der Waals surface area contributed by atoms with E-state index in [9.17, 15) is 4.79 Å². The first kappa shape index (κ1) is 23.5. The van der Waals surface area contributed by atoms with Gasteiger partial charge in [-0.1, -0.05) is 49.8 Å². The molecule has 0 aliphatic heterocycles. The van der Waals surface area contributed by atoms with Crippen LogP contribution in [-0.4, -0.2) is 47.2 Å². The summed E-state index contributed by atoms with van der Waals surface area (Å²) in [5.74, 6) is 0.540. The summed E-state index contributed by atoms with van der Waals surface area (Å²) >= 11 is 6.44. The van der Waals surface area contributed by atoms with E-state index in [-0.39, 0.29) is 11.8 Å². The highest BCUT2D eigenvalue weighted by molar-refractivity contribution is 6.33. The van der Waals surface area contributed by atoms with E-state index in [4.69, 9.17) is 16.0 Å². The van der Waals surface area contributed by atoms with Crippen LogP contribution in [0.2, 0.25) is 5.02 Å². The molecule has 3 rings (SSSR count). The molecule has 0 saturated heterocycles. The zero-order chi connectivity index (χ0) is 22.1. The number of hydrogen-bond acceptors (Lipinski definition) is 6. The number of rotatable bonds is 11. The SMILES string of the molecule is CCN(CC)CCCCNc1nnc(-c2ccc(NC(=O)C3CCCCC3)cc2Cl)o1. The summed E-state index contributed by atoms with van der Waals surface area (Å²) in [5, 5.41) is 14.8. The number of unbranched alkanes of at least 4 members (excludes halogenated alkanes) is 1. The van der Waals surface area contributed by atoms with Crippen LogP contribution in [0.4, 0.5) is 11.7 Å². The Bertz CT molecular complexity index is 831. The van der Waals surface area contributed by atoms with Crippen LogP contribution in [0.25, 0.3) is 11.5 Å². The minimum absolute atomic E-state index is 0.0776. The molecule has 1 aromatic carbocycles. The topological polar surface area (TPSA) is 83.3 Å². The lowest BCUT2D eigenvalue weighted by Gasteiger charge is -2.20. The number of benzene rings is 1. The second-order valence-corrected chi connectivity index (χ2v) is 8.50. The van der Waals surface area contributed by atoms with Crippen LogP contribution in [-0.2, 0) is 4.79 Å². The highest BCUT2D eigenvalue weighted by Gasteiger charge is 2.21. The van der Waals surface area contributed by atoms with E-state index >= 15 is 0 Å². The second kappa shape index (κ2) is 12.1. The van der Waals surface area contributed by atoms with Gasteiger partial charge in [0.2, 0.25) is 5.91 Å². The molecule has 0 radical (unpaired) electrons. The molecule has 1 aliphatic carbocycles. The number of carbonyl (C=O) groups is 1. The lowest BCUT2D eigenvalue weighted by molar-refractivity contribution is -0.120. The van der Waals surface area contributed by atoms with Gasteiger partial charge in [0, 0.05) is 18.2 Å². The molecule has 7 nitrogen and oxygen atoms in total. The number of halogens is 1. The first-order valence-electron chi connectivity index (χ1n) is 11.5. The number of nitrogens with one attached hydrogen (secondary N) is 2. The van der Waals surface area contributed by atoms with E-state index in [0.717, 1.165) is 64.7 Å². The van der Waals surface area contributed by atoms with Gasteiger partial charge in [0.1, 0.15) is 0 Å². The van der Waals surface area contributed by atoms with E-state index in [1.165, 1.54) is 6.42 Å². The molecule has 1 fully saturated rings. The number of amides is 1. The summed E-state index contributed by atoms with van der Waals surface area (Å²) in [6.45, 7) is 8.42. The lowest BCUT2D eigenvalue weighted by atomic mass is 9.88. The van der Waals surface area contributed by atoms with Gasteiger partial charge in [-0.3, -0.25) is 4.79 Å². The van der Waals surface area contributed by atoms with Gasteiger partial charge in [0.05, 0.1) is 10.6 Å². The lowest BCUT2D eigenvalue weighted by Crippen LogP contribution is -2.24. The van der Waals surface area contributed by atoms with Gasteiger partial charge in [0.25, 0.3) is 5.89 Å². The molecule has 0 atom stereocenters. The summed E-state index contributed by atoms with van der Waals surface area (Å²) < 4.78 is 5.72. The minimum Gasteiger partial charge on any atom is -0.403 e. The Balaban J connectivity index is 1.50. The third-order valence-corrected chi connectivity index (χ3v) is 6.25. The summed E-state index contributed by atoms with van der Waals surface area (Å²) in [5.41, 5.74) is 1.34. The monoisotopic (exact) mass is 447 g/mol. The average molecular weight is 448 g/mol. The standard InChI is InChI=1S/C23H34ClN5O2/c1-3-29(4-2)15-9-8-14-25-23-28-27-22(31-23)19-13-12-18(16-20(19)24)26-21(30)17-10-6-5-7-11-17/h12-13,16-17H,3-11,14-15H2,1-2H3,(H,25,28)(H,26,30). The normalized spacial score (nSPS) is 14.7. The quantitative estimate of drug-likeness (QED) is 0.446. The van der Waals surface area contributed by atoms with E-state index in [1.54, 1.807) is 12.1 Å². The number of hydrogen-bond donors (Lipinski definition) is 2. The molecule has 1 aromatic heterocycles. The Labute approximate surface area is 189 Å². The Kier molecular flexibility index (Phi) is 9.15. The summed E-state index contributed by atoms with van der Waals surface area (Å²) in [4.78, 5) is 14.9. The molecular formula is C23H34ClN5O2. The van der Waals surface area contributed by atoms with Crippen LogP contribution in [0, 0.1) is 5.92 Å². The Morgan fingerprint density at radius 3 is 2.65 bits per heavy atom. The highest BCUT2D eigenvalue weighted by Crippen LogP contribution is 2.31. The van der Waals surface area contributed by atoms with Gasteiger partial charge in [-0.2, -0.15) is 0 Å². The molecule has 1 saturated carbocycles. The fourth-order valence-electron chi connectivity index (χ4n) is 3.97. The van der Waals surface area contributed by atoms with Crippen LogP contribution >= 0.6 is 11.6 Å². The molecular weight excluding hydrogens is 414 g/mol. The highest BCUT2D eigenvalue weighted by atomic mass is 35.5. The van der Waals surface area contributed by atoms with Crippen molar-refractivity contribution in [1.29, 1.82) is 0 Å². The van der Waals surface area contributed by atoms with Crippen molar-refractivity contribution in [2.24, 2.45) is 5.92 Å². The molecule has 8 heteroatoms. The smallest absolute Gasteiger partial charge is 0.315 e. The van der Waals surface area contributed by atoms with Crippen molar-refractivity contribution in [3.63, 3.8) is 0 Å². The van der Waals surface area contributed by atoms with Gasteiger partial charge in [0.15, 0.2) is 0 Å². The molecule has 1 heterocycles. The van der Waals surface area contributed by atoms with E-state index in [1.807, 2.05) is 6.07 Å². The van der Waals surface area contributed by atoms with Crippen molar-refractivity contribution < 1.29 is 9.21 Å². The van der Waals surface area contributed by atoms with Gasteiger partial charge >= 0.3 is 6.01 Å². The van der Waals surface area contributed by atoms with E-state index in [0.29, 0.717) is 28.2 Å². The molecule has 1 amide bonds. The van der Waals surface area contributed by atoms with Crippen LogP contribution in [0.3, 0.4) is 0 Å². The van der Waals surface area contributed by atoms with Crippen LogP contribution < -0.4 is 10.6 Å². The van der Waals surface area contributed by atoms with Crippen LogP contribution in [0.5, 0.6) is 0 Å². The molecule has 170 valence electrons. The van der Waals surface area contributed by atoms with Gasteiger partial charge in [-0.05, 0) is 63.5 Å². The first-order valence-corrected chi connectivity index (χ1v) is 11.9. The van der Waals surface area contributed by atoms with Crippen molar-refractivity contribution in [1.82, 2.24) is 15.1 Å². The molecule has 0 unspecified atom stereocenters. The Morgan fingerprint density at radius 1 is 1.16 bits per heavy atom. The summed E-state index contributed by atoms with van der Waals surface area (Å²) in [6.07, 6.45) is 7.56. The predicted molar refractivity (Wildman–Crippen MR) is 125 cm³/mol. The maximum atomic E-state index is 12.4. The molecule has 2 aromatic rings. The van der Waals surface area contributed by atoms with E-state index < -0.39 is 0 Å². The maximum Gasteiger partial charge on any atom is 0.315 e. The maximum absolute atomic E-state index is 12.4. The minimum atomic E-state index is 0.0776. The largest absolute Gasteiger partial charge is 0.403 e. The third kappa shape index (κ3) is 6.94. The van der Waals surface area contributed by atoms with Gasteiger partial charge in [-0.15, -0.1) is 5.10 Å². The van der Waals surface area contributed by atoms with Crippen LogP contribution in [0.1, 0.15) is 58.8 Å². The van der Waals surface area contributed by atoms with Crippen molar-refractivity contribution >= 4 is 29.2 Å². The summed E-state index contributed by atoms with van der Waals surface area (Å²) in [6, 6.07) is 5.76. The summed E-state index contributed by atoms with van der Waals surface area (Å²) in [7, 11) is 0. The number of anilines is 2. The fraction of sp³-hybridized carbons (Fsp3) is 0.609. The van der Waals surface area contributed by atoms with Gasteiger partial charge in [-0.25, -0.2) is 0 Å². The fourth-order valence-corrected chi connectivity index (χ4v) is 4.24. The third-order valence-electron chi connectivity index (χ3n) is 5.94. The van der Waals surface area contributed by atoms with Gasteiger partial charge < -0.3 is 20.0 Å². The molecule has 0 bridgehead atoms.